The number of halogens is 2. The molecule has 0 aliphatic heterocycles. The van der Waals surface area contributed by atoms with Crippen LogP contribution in [0, 0.1) is 0 Å². The van der Waals surface area contributed by atoms with Gasteiger partial charge in [-0.1, -0.05) is 52.7 Å². The van der Waals surface area contributed by atoms with Gasteiger partial charge in [0.05, 0.1) is 15.5 Å². The molecule has 1 aromatic heterocycles. The molecule has 0 bridgehead atoms. The molecule has 10 heteroatoms. The first-order chi connectivity index (χ1) is 12.3. The van der Waals surface area contributed by atoms with Crippen molar-refractivity contribution in [3.8, 4) is 0 Å². The Hall–Kier alpha value is -2.00. The van der Waals surface area contributed by atoms with E-state index in [2.05, 4.69) is 15.5 Å². The molecule has 6 nitrogen and oxygen atoms in total. The molecule has 0 radical (unpaired) electrons. The third-order valence-corrected chi connectivity index (χ3v) is 6.51. The molecule has 3 aromatic rings. The first-order valence-corrected chi connectivity index (χ1v) is 10.4. The maximum atomic E-state index is 12.4. The van der Waals surface area contributed by atoms with Crippen LogP contribution in [0.5, 0.6) is 0 Å². The molecule has 0 atom stereocenters. The van der Waals surface area contributed by atoms with Crippen LogP contribution in [0.2, 0.25) is 10.0 Å². The van der Waals surface area contributed by atoms with Crippen LogP contribution < -0.4 is 5.32 Å². The molecule has 26 heavy (non-hydrogen) atoms. The molecule has 0 fully saturated rings. The van der Waals surface area contributed by atoms with Gasteiger partial charge in [0.1, 0.15) is 10.8 Å². The highest BCUT2D eigenvalue weighted by molar-refractivity contribution is 7.90. The number of rotatable bonds is 5. The van der Waals surface area contributed by atoms with Crippen molar-refractivity contribution < 1.29 is 13.2 Å². The minimum absolute atomic E-state index is 0.171. The zero-order valence-corrected chi connectivity index (χ0v) is 16.2. The minimum Gasteiger partial charge on any atom is -0.296 e. The van der Waals surface area contributed by atoms with Gasteiger partial charge in [-0.3, -0.25) is 10.1 Å². The van der Waals surface area contributed by atoms with Crippen LogP contribution in [0.1, 0.15) is 15.4 Å². The van der Waals surface area contributed by atoms with Crippen LogP contribution in [-0.2, 0) is 15.6 Å². The summed E-state index contributed by atoms with van der Waals surface area (Å²) in [6.45, 7) is 0. The van der Waals surface area contributed by atoms with Gasteiger partial charge in [0.2, 0.25) is 5.13 Å². The second kappa shape index (κ2) is 7.71. The summed E-state index contributed by atoms with van der Waals surface area (Å²) in [5.74, 6) is -0.811. The highest BCUT2D eigenvalue weighted by atomic mass is 35.5. The Labute approximate surface area is 163 Å². The number of benzene rings is 2. The van der Waals surface area contributed by atoms with Crippen LogP contribution in [0.25, 0.3) is 0 Å². The second-order valence-corrected chi connectivity index (χ2v) is 9.05. The summed E-state index contributed by atoms with van der Waals surface area (Å²) in [6, 6.07) is 12.6. The Morgan fingerprint density at radius 1 is 1.08 bits per heavy atom. The average molecular weight is 428 g/mol. The van der Waals surface area contributed by atoms with Gasteiger partial charge in [0, 0.05) is 5.02 Å². The molecular weight excluding hydrogens is 417 g/mol. The Balaban J connectivity index is 1.74. The summed E-state index contributed by atoms with van der Waals surface area (Å²) in [6.07, 6.45) is 0. The van der Waals surface area contributed by atoms with Gasteiger partial charge in [-0.15, -0.1) is 10.2 Å². The van der Waals surface area contributed by atoms with Gasteiger partial charge >= 0.3 is 0 Å². The molecule has 1 N–H and O–H groups in total. The third-order valence-electron chi connectivity index (χ3n) is 3.28. The smallest absolute Gasteiger partial charge is 0.259 e. The predicted molar refractivity (Wildman–Crippen MR) is 102 cm³/mol. The lowest BCUT2D eigenvalue weighted by atomic mass is 10.2. The Kier molecular flexibility index (Phi) is 5.57. The van der Waals surface area contributed by atoms with Crippen molar-refractivity contribution in [2.24, 2.45) is 0 Å². The first-order valence-electron chi connectivity index (χ1n) is 7.22. The minimum atomic E-state index is -3.54. The molecule has 3 rings (SSSR count). The molecule has 0 aliphatic rings. The summed E-state index contributed by atoms with van der Waals surface area (Å²) >= 11 is 12.8. The fraction of sp³-hybridized carbons (Fsp3) is 0.0625. The Morgan fingerprint density at radius 3 is 2.54 bits per heavy atom. The highest BCUT2D eigenvalue weighted by Crippen LogP contribution is 2.24. The van der Waals surface area contributed by atoms with Gasteiger partial charge in [-0.05, 0) is 30.3 Å². The second-order valence-electron chi connectivity index (χ2n) is 5.15. The molecule has 1 heterocycles. The van der Waals surface area contributed by atoms with E-state index < -0.39 is 15.7 Å². The van der Waals surface area contributed by atoms with E-state index >= 15 is 0 Å². The van der Waals surface area contributed by atoms with Gasteiger partial charge in [-0.2, -0.15) is 0 Å². The maximum absolute atomic E-state index is 12.4. The normalized spacial score (nSPS) is 11.3. The average Bonchev–Trinajstić information content (AvgIpc) is 3.04. The monoisotopic (exact) mass is 427 g/mol. The summed E-state index contributed by atoms with van der Waals surface area (Å²) in [4.78, 5) is 12.5. The van der Waals surface area contributed by atoms with Crippen molar-refractivity contribution in [1.82, 2.24) is 10.2 Å². The Bertz CT molecular complexity index is 1050. The zero-order valence-electron chi connectivity index (χ0n) is 13.0. The lowest BCUT2D eigenvalue weighted by molar-refractivity contribution is 0.102. The van der Waals surface area contributed by atoms with E-state index in [-0.39, 0.29) is 31.4 Å². The number of carbonyl (C=O) groups excluding carboxylic acids is 1. The number of anilines is 1. The van der Waals surface area contributed by atoms with E-state index in [0.29, 0.717) is 5.02 Å². The number of aromatic nitrogens is 2. The van der Waals surface area contributed by atoms with E-state index in [1.807, 2.05) is 0 Å². The van der Waals surface area contributed by atoms with Crippen LogP contribution in [0.4, 0.5) is 5.13 Å². The number of nitrogens with one attached hydrogen (secondary N) is 1. The number of carbonyl (C=O) groups is 1. The van der Waals surface area contributed by atoms with E-state index in [1.54, 1.807) is 24.3 Å². The van der Waals surface area contributed by atoms with E-state index in [4.69, 9.17) is 23.2 Å². The summed E-state index contributed by atoms with van der Waals surface area (Å²) in [5.41, 5.74) is 0.188. The van der Waals surface area contributed by atoms with Gasteiger partial charge < -0.3 is 0 Å². The van der Waals surface area contributed by atoms with Crippen molar-refractivity contribution in [3.05, 3.63) is 69.1 Å². The lowest BCUT2D eigenvalue weighted by Crippen LogP contribution is -2.12. The number of hydrogen-bond acceptors (Lipinski definition) is 6. The standard InChI is InChI=1S/C16H11Cl2N3O3S2/c17-10-6-7-13(18)12(8-10)15(22)19-16-21-20-14(25-16)9-26(23,24)11-4-2-1-3-5-11/h1-8H,9H2,(H,19,21,22). The quantitative estimate of drug-likeness (QED) is 0.662. The third kappa shape index (κ3) is 4.39. The first kappa shape index (κ1) is 18.8. The molecule has 0 spiro atoms. The molecular formula is C16H11Cl2N3O3S2. The zero-order chi connectivity index (χ0) is 18.7. The molecule has 134 valence electrons. The summed E-state index contributed by atoms with van der Waals surface area (Å²) in [7, 11) is -3.54. The maximum Gasteiger partial charge on any atom is 0.259 e. The summed E-state index contributed by atoms with van der Waals surface area (Å²) < 4.78 is 24.7. The topological polar surface area (TPSA) is 89.0 Å². The molecule has 0 saturated carbocycles. The van der Waals surface area contributed by atoms with Crippen LogP contribution >= 0.6 is 34.5 Å². The van der Waals surface area contributed by atoms with Crippen LogP contribution in [0.3, 0.4) is 0 Å². The number of nitrogens with zero attached hydrogens (tertiary/aromatic N) is 2. The molecule has 0 aliphatic carbocycles. The predicted octanol–water partition coefficient (Wildman–Crippen LogP) is 4.07. The number of hydrogen-bond donors (Lipinski definition) is 1. The fourth-order valence-electron chi connectivity index (χ4n) is 2.07. The van der Waals surface area contributed by atoms with Crippen molar-refractivity contribution in [2.75, 3.05) is 5.32 Å². The fourth-order valence-corrected chi connectivity index (χ4v) is 4.80. The van der Waals surface area contributed by atoms with Gasteiger partial charge in [-0.25, -0.2) is 8.42 Å². The van der Waals surface area contributed by atoms with Crippen molar-refractivity contribution in [3.63, 3.8) is 0 Å². The molecule has 1 amide bonds. The van der Waals surface area contributed by atoms with Crippen LogP contribution in [-0.4, -0.2) is 24.5 Å². The molecule has 0 unspecified atom stereocenters. The Morgan fingerprint density at radius 2 is 1.81 bits per heavy atom. The van der Waals surface area contributed by atoms with Crippen molar-refractivity contribution in [2.45, 2.75) is 10.6 Å². The lowest BCUT2D eigenvalue weighted by Gasteiger charge is -2.04. The van der Waals surface area contributed by atoms with Crippen molar-refractivity contribution >= 4 is 55.4 Å². The number of amides is 1. The largest absolute Gasteiger partial charge is 0.296 e. The van der Waals surface area contributed by atoms with Crippen LogP contribution in [0.15, 0.2) is 53.4 Å². The SMILES string of the molecule is O=C(Nc1nnc(CS(=O)(=O)c2ccccc2)s1)c1cc(Cl)ccc1Cl. The van der Waals surface area contributed by atoms with E-state index in [0.717, 1.165) is 11.3 Å². The highest BCUT2D eigenvalue weighted by Gasteiger charge is 2.19. The van der Waals surface area contributed by atoms with E-state index in [9.17, 15) is 13.2 Å². The summed E-state index contributed by atoms with van der Waals surface area (Å²) in [5, 5.41) is 11.2. The molecule has 0 saturated heterocycles. The molecule has 2 aromatic carbocycles. The van der Waals surface area contributed by atoms with Gasteiger partial charge in [0.15, 0.2) is 9.84 Å². The van der Waals surface area contributed by atoms with Gasteiger partial charge in [0.25, 0.3) is 5.91 Å². The number of sulfone groups is 1. The van der Waals surface area contributed by atoms with Crippen molar-refractivity contribution in [1.29, 1.82) is 0 Å². The van der Waals surface area contributed by atoms with E-state index in [1.165, 1.54) is 24.3 Å².